The minimum absolute atomic E-state index is 0.0261. The highest BCUT2D eigenvalue weighted by Gasteiger charge is 2.14. The van der Waals surface area contributed by atoms with Crippen molar-refractivity contribution >= 4 is 29.1 Å². The van der Waals surface area contributed by atoms with E-state index in [0.29, 0.717) is 10.7 Å². The number of carbonyl (C=O) groups is 1. The lowest BCUT2D eigenvalue weighted by Gasteiger charge is -2.08. The molecule has 0 atom stereocenters. The number of aromatic carboxylic acids is 1. The Balaban J connectivity index is 2.33. The van der Waals surface area contributed by atoms with Gasteiger partial charge in [-0.15, -0.1) is 10.2 Å². The molecular formula is C12H10ClN3O3. The number of rotatable bonds is 4. The van der Waals surface area contributed by atoms with E-state index in [1.54, 1.807) is 24.3 Å². The van der Waals surface area contributed by atoms with E-state index in [1.165, 1.54) is 13.2 Å². The van der Waals surface area contributed by atoms with Crippen molar-refractivity contribution in [2.24, 2.45) is 0 Å². The van der Waals surface area contributed by atoms with E-state index >= 15 is 0 Å². The number of hydrogen-bond donors (Lipinski definition) is 2. The molecule has 6 nitrogen and oxygen atoms in total. The number of methoxy groups -OCH3 is 1. The summed E-state index contributed by atoms with van der Waals surface area (Å²) in [5, 5.41) is 20.1. The van der Waals surface area contributed by atoms with Crippen LogP contribution >= 0.6 is 11.6 Å². The Morgan fingerprint density at radius 3 is 2.58 bits per heavy atom. The average molecular weight is 280 g/mol. The predicted molar refractivity (Wildman–Crippen MR) is 70.3 cm³/mol. The molecule has 1 aromatic heterocycles. The summed E-state index contributed by atoms with van der Waals surface area (Å²) >= 11 is 5.77. The molecule has 2 rings (SSSR count). The van der Waals surface area contributed by atoms with Crippen LogP contribution in [0.3, 0.4) is 0 Å². The molecule has 0 spiro atoms. The lowest BCUT2D eigenvalue weighted by atomic mass is 10.2. The van der Waals surface area contributed by atoms with Crippen LogP contribution in [0, 0.1) is 0 Å². The molecule has 0 fully saturated rings. The van der Waals surface area contributed by atoms with Crippen molar-refractivity contribution in [1.82, 2.24) is 10.2 Å². The second-order valence-corrected chi connectivity index (χ2v) is 4.02. The molecule has 1 aromatic carbocycles. The van der Waals surface area contributed by atoms with E-state index in [9.17, 15) is 4.79 Å². The molecular weight excluding hydrogens is 270 g/mol. The second kappa shape index (κ2) is 5.53. The summed E-state index contributed by atoms with van der Waals surface area (Å²) in [4.78, 5) is 11.1. The number of ether oxygens (including phenoxy) is 1. The van der Waals surface area contributed by atoms with Crippen molar-refractivity contribution in [2.45, 2.75) is 0 Å². The molecule has 0 radical (unpaired) electrons. The van der Waals surface area contributed by atoms with Crippen LogP contribution in [0.25, 0.3) is 0 Å². The fourth-order valence-electron chi connectivity index (χ4n) is 1.40. The number of aromatic nitrogens is 2. The third kappa shape index (κ3) is 3.11. The number of carboxylic acid groups (broad SMARTS) is 1. The Hall–Kier alpha value is -2.34. The van der Waals surface area contributed by atoms with Gasteiger partial charge in [0.2, 0.25) is 5.88 Å². The topological polar surface area (TPSA) is 84.3 Å². The Kier molecular flexibility index (Phi) is 3.82. The monoisotopic (exact) mass is 279 g/mol. The predicted octanol–water partition coefficient (Wildman–Crippen LogP) is 2.58. The van der Waals surface area contributed by atoms with Gasteiger partial charge in [0.25, 0.3) is 0 Å². The molecule has 7 heteroatoms. The van der Waals surface area contributed by atoms with Crippen molar-refractivity contribution in [2.75, 3.05) is 12.4 Å². The third-order valence-electron chi connectivity index (χ3n) is 2.32. The van der Waals surface area contributed by atoms with Crippen LogP contribution in [0.15, 0.2) is 30.3 Å². The standard InChI is InChI=1S/C12H10ClN3O3/c1-19-10-6-9(12(17)18)11(16-15-10)14-8-4-2-7(13)3-5-8/h2-6H,1H3,(H,14,16)(H,17,18). The largest absolute Gasteiger partial charge is 0.480 e. The van der Waals surface area contributed by atoms with Gasteiger partial charge in [-0.2, -0.15) is 0 Å². The highest BCUT2D eigenvalue weighted by molar-refractivity contribution is 6.30. The van der Waals surface area contributed by atoms with Gasteiger partial charge in [0.05, 0.1) is 7.11 Å². The van der Waals surface area contributed by atoms with Gasteiger partial charge >= 0.3 is 5.97 Å². The van der Waals surface area contributed by atoms with E-state index in [-0.39, 0.29) is 17.3 Å². The first kappa shape index (κ1) is 13.1. The van der Waals surface area contributed by atoms with Gasteiger partial charge in [0.15, 0.2) is 5.82 Å². The average Bonchev–Trinajstić information content (AvgIpc) is 2.41. The first-order valence-corrected chi connectivity index (χ1v) is 5.65. The molecule has 0 amide bonds. The summed E-state index contributed by atoms with van der Waals surface area (Å²) in [5.41, 5.74) is 0.633. The highest BCUT2D eigenvalue weighted by atomic mass is 35.5. The number of benzene rings is 1. The molecule has 0 aliphatic heterocycles. The summed E-state index contributed by atoms with van der Waals surface area (Å²) < 4.78 is 4.84. The van der Waals surface area contributed by atoms with E-state index in [2.05, 4.69) is 15.5 Å². The fraction of sp³-hybridized carbons (Fsp3) is 0.0833. The van der Waals surface area contributed by atoms with Crippen molar-refractivity contribution in [3.8, 4) is 5.88 Å². The molecule has 98 valence electrons. The Bertz CT molecular complexity index is 602. The lowest BCUT2D eigenvalue weighted by molar-refractivity contribution is 0.0697. The molecule has 0 bridgehead atoms. The Labute approximate surface area is 114 Å². The molecule has 0 unspecified atom stereocenters. The molecule has 1 heterocycles. The van der Waals surface area contributed by atoms with E-state index < -0.39 is 5.97 Å². The highest BCUT2D eigenvalue weighted by Crippen LogP contribution is 2.22. The zero-order valence-corrected chi connectivity index (χ0v) is 10.7. The minimum Gasteiger partial charge on any atom is -0.480 e. The number of carboxylic acids is 1. The first-order chi connectivity index (χ1) is 9.10. The maximum absolute atomic E-state index is 11.1. The van der Waals surface area contributed by atoms with E-state index in [4.69, 9.17) is 21.4 Å². The Morgan fingerprint density at radius 1 is 1.32 bits per heavy atom. The summed E-state index contributed by atoms with van der Waals surface area (Å²) in [7, 11) is 1.39. The lowest BCUT2D eigenvalue weighted by Crippen LogP contribution is -2.07. The van der Waals surface area contributed by atoms with Crippen LogP contribution in [0.5, 0.6) is 5.88 Å². The van der Waals surface area contributed by atoms with Crippen molar-refractivity contribution < 1.29 is 14.6 Å². The number of hydrogen-bond acceptors (Lipinski definition) is 5. The van der Waals surface area contributed by atoms with Gasteiger partial charge in [-0.05, 0) is 24.3 Å². The van der Waals surface area contributed by atoms with Gasteiger partial charge in [0.1, 0.15) is 5.56 Å². The SMILES string of the molecule is COc1cc(C(=O)O)c(Nc2ccc(Cl)cc2)nn1. The molecule has 0 aliphatic rings. The van der Waals surface area contributed by atoms with Crippen molar-refractivity contribution in [1.29, 1.82) is 0 Å². The second-order valence-electron chi connectivity index (χ2n) is 3.59. The number of halogens is 1. The van der Waals surface area contributed by atoms with Crippen LogP contribution in [-0.4, -0.2) is 28.4 Å². The van der Waals surface area contributed by atoms with Crippen molar-refractivity contribution in [3.63, 3.8) is 0 Å². The summed E-state index contributed by atoms with van der Waals surface area (Å²) in [5.74, 6) is -0.848. The maximum atomic E-state index is 11.1. The van der Waals surface area contributed by atoms with E-state index in [1.807, 2.05) is 0 Å². The zero-order valence-electron chi connectivity index (χ0n) is 9.92. The molecule has 0 aliphatic carbocycles. The fourth-order valence-corrected chi connectivity index (χ4v) is 1.52. The normalized spacial score (nSPS) is 10.0. The quantitative estimate of drug-likeness (QED) is 0.895. The number of anilines is 2. The van der Waals surface area contributed by atoms with Crippen molar-refractivity contribution in [3.05, 3.63) is 40.9 Å². The van der Waals surface area contributed by atoms with Gasteiger partial charge in [-0.1, -0.05) is 11.6 Å². The maximum Gasteiger partial charge on any atom is 0.339 e. The number of nitrogens with zero attached hydrogens (tertiary/aromatic N) is 2. The van der Waals surface area contributed by atoms with Crippen LogP contribution < -0.4 is 10.1 Å². The summed E-state index contributed by atoms with van der Waals surface area (Å²) in [6, 6.07) is 8.08. The molecule has 0 saturated carbocycles. The van der Waals surface area contributed by atoms with Gasteiger partial charge in [-0.25, -0.2) is 4.79 Å². The number of nitrogens with one attached hydrogen (secondary N) is 1. The molecule has 19 heavy (non-hydrogen) atoms. The molecule has 2 N–H and O–H groups in total. The Morgan fingerprint density at radius 2 is 2.00 bits per heavy atom. The van der Waals surface area contributed by atoms with E-state index in [0.717, 1.165) is 0 Å². The van der Waals surface area contributed by atoms with Gasteiger partial charge in [0, 0.05) is 16.8 Å². The molecule has 0 saturated heterocycles. The molecule has 2 aromatic rings. The summed E-state index contributed by atoms with van der Waals surface area (Å²) in [6.07, 6.45) is 0. The first-order valence-electron chi connectivity index (χ1n) is 5.28. The van der Waals surface area contributed by atoms with Crippen LogP contribution in [0.4, 0.5) is 11.5 Å². The minimum atomic E-state index is -1.12. The zero-order chi connectivity index (χ0) is 13.8. The third-order valence-corrected chi connectivity index (χ3v) is 2.57. The van der Waals surface area contributed by atoms with Crippen LogP contribution in [0.1, 0.15) is 10.4 Å². The van der Waals surface area contributed by atoms with Gasteiger partial charge in [-0.3, -0.25) is 0 Å². The van der Waals surface area contributed by atoms with Crippen LogP contribution in [0.2, 0.25) is 5.02 Å². The smallest absolute Gasteiger partial charge is 0.339 e. The van der Waals surface area contributed by atoms with Gasteiger partial charge < -0.3 is 15.2 Å². The van der Waals surface area contributed by atoms with Crippen LogP contribution in [-0.2, 0) is 0 Å². The summed E-state index contributed by atoms with van der Waals surface area (Å²) in [6.45, 7) is 0.